The first-order chi connectivity index (χ1) is 14.9. The zero-order chi connectivity index (χ0) is 22.1. The number of halogens is 2. The van der Waals surface area contributed by atoms with E-state index in [1.165, 1.54) is 17.9 Å². The summed E-state index contributed by atoms with van der Waals surface area (Å²) in [7, 11) is 0. The number of hydrogen-bond acceptors (Lipinski definition) is 3. The Labute approximate surface area is 177 Å². The summed E-state index contributed by atoms with van der Waals surface area (Å²) in [5.41, 5.74) is 1.33. The van der Waals surface area contributed by atoms with E-state index < -0.39 is 35.1 Å². The van der Waals surface area contributed by atoms with Crippen molar-refractivity contribution in [2.24, 2.45) is 0 Å². The van der Waals surface area contributed by atoms with Gasteiger partial charge < -0.3 is 4.90 Å². The van der Waals surface area contributed by atoms with Crippen LogP contribution in [0.3, 0.4) is 0 Å². The van der Waals surface area contributed by atoms with Gasteiger partial charge in [-0.15, -0.1) is 0 Å². The SMILES string of the molecule is C[C@@H]1C(=O)N(Cc2cccc(C#N)c2)c2ccccc2N1C(=O)c1c(F)cccc1F. The van der Waals surface area contributed by atoms with Crippen molar-refractivity contribution < 1.29 is 18.4 Å². The van der Waals surface area contributed by atoms with Crippen molar-refractivity contribution in [1.29, 1.82) is 5.26 Å². The predicted molar refractivity (Wildman–Crippen MR) is 111 cm³/mol. The predicted octanol–water partition coefficient (Wildman–Crippen LogP) is 4.42. The number of rotatable bonds is 3. The van der Waals surface area contributed by atoms with Crippen LogP contribution in [0.15, 0.2) is 66.7 Å². The van der Waals surface area contributed by atoms with Gasteiger partial charge in [0.05, 0.1) is 29.6 Å². The van der Waals surface area contributed by atoms with Crippen LogP contribution in [0.2, 0.25) is 0 Å². The molecule has 1 atom stereocenters. The maximum absolute atomic E-state index is 14.3. The number of nitriles is 1. The highest BCUT2D eigenvalue weighted by atomic mass is 19.1. The van der Waals surface area contributed by atoms with Gasteiger partial charge in [0.1, 0.15) is 23.2 Å². The molecule has 0 unspecified atom stereocenters. The van der Waals surface area contributed by atoms with Crippen LogP contribution in [0, 0.1) is 23.0 Å². The molecule has 0 aromatic heterocycles. The number of fused-ring (bicyclic) bond motifs is 1. The van der Waals surface area contributed by atoms with Gasteiger partial charge in [0, 0.05) is 0 Å². The van der Waals surface area contributed by atoms with E-state index in [0.717, 1.165) is 22.6 Å². The molecule has 0 aliphatic carbocycles. The number of amides is 2. The molecule has 1 heterocycles. The fraction of sp³-hybridized carbons (Fsp3) is 0.125. The van der Waals surface area contributed by atoms with Crippen LogP contribution in [-0.2, 0) is 11.3 Å². The highest BCUT2D eigenvalue weighted by molar-refractivity contribution is 6.17. The zero-order valence-electron chi connectivity index (χ0n) is 16.5. The fourth-order valence-electron chi connectivity index (χ4n) is 3.75. The average Bonchev–Trinajstić information content (AvgIpc) is 2.77. The molecule has 0 spiro atoms. The van der Waals surface area contributed by atoms with Gasteiger partial charge in [0.15, 0.2) is 0 Å². The first-order valence-corrected chi connectivity index (χ1v) is 9.59. The minimum absolute atomic E-state index is 0.186. The van der Waals surface area contributed by atoms with Crippen molar-refractivity contribution in [2.75, 3.05) is 9.80 Å². The average molecular weight is 417 g/mol. The molecule has 4 rings (SSSR count). The maximum Gasteiger partial charge on any atom is 0.265 e. The second-order valence-corrected chi connectivity index (χ2v) is 7.17. The number of para-hydroxylation sites is 2. The third kappa shape index (κ3) is 3.53. The summed E-state index contributed by atoms with van der Waals surface area (Å²) in [5, 5.41) is 9.13. The lowest BCUT2D eigenvalue weighted by molar-refractivity contribution is -0.119. The molecule has 5 nitrogen and oxygen atoms in total. The molecular formula is C24H17F2N3O2. The fourth-order valence-corrected chi connectivity index (χ4v) is 3.75. The highest BCUT2D eigenvalue weighted by Gasteiger charge is 2.40. The molecular weight excluding hydrogens is 400 g/mol. The molecule has 2 amide bonds. The van der Waals surface area contributed by atoms with Crippen LogP contribution in [0.25, 0.3) is 0 Å². The van der Waals surface area contributed by atoms with Gasteiger partial charge in [-0.05, 0) is 48.9 Å². The molecule has 31 heavy (non-hydrogen) atoms. The Morgan fingerprint density at radius 3 is 2.32 bits per heavy atom. The molecule has 3 aromatic rings. The van der Waals surface area contributed by atoms with E-state index in [9.17, 15) is 18.4 Å². The van der Waals surface area contributed by atoms with Crippen molar-refractivity contribution in [3.8, 4) is 6.07 Å². The van der Waals surface area contributed by atoms with Crippen molar-refractivity contribution in [1.82, 2.24) is 0 Å². The van der Waals surface area contributed by atoms with E-state index in [4.69, 9.17) is 5.26 Å². The van der Waals surface area contributed by atoms with Crippen molar-refractivity contribution in [3.05, 3.63) is 95.1 Å². The summed E-state index contributed by atoms with van der Waals surface area (Å²) >= 11 is 0. The smallest absolute Gasteiger partial charge is 0.265 e. The van der Waals surface area contributed by atoms with E-state index in [1.54, 1.807) is 48.5 Å². The summed E-state index contributed by atoms with van der Waals surface area (Å²) in [5.74, 6) is -3.29. The van der Waals surface area contributed by atoms with Crippen LogP contribution < -0.4 is 9.80 Å². The second-order valence-electron chi connectivity index (χ2n) is 7.17. The number of nitrogens with zero attached hydrogens (tertiary/aromatic N) is 3. The van der Waals surface area contributed by atoms with Gasteiger partial charge in [0.25, 0.3) is 5.91 Å². The molecule has 3 aromatic carbocycles. The molecule has 1 aliphatic heterocycles. The van der Waals surface area contributed by atoms with Crippen LogP contribution in [-0.4, -0.2) is 17.9 Å². The van der Waals surface area contributed by atoms with Crippen molar-refractivity contribution >= 4 is 23.2 Å². The minimum atomic E-state index is -0.988. The summed E-state index contributed by atoms with van der Waals surface area (Å²) in [4.78, 5) is 29.0. The number of benzene rings is 3. The third-order valence-corrected chi connectivity index (χ3v) is 5.23. The second kappa shape index (κ2) is 8.00. The third-order valence-electron chi connectivity index (χ3n) is 5.23. The molecule has 0 N–H and O–H groups in total. The molecule has 0 fully saturated rings. The van der Waals surface area contributed by atoms with Crippen LogP contribution in [0.4, 0.5) is 20.2 Å². The standard InChI is InChI=1S/C24H17F2N3O2/c1-15-23(30)28(14-17-7-4-6-16(12-17)13-27)20-10-2-3-11-21(20)29(15)24(31)22-18(25)8-5-9-19(22)26/h2-12,15H,14H2,1H3/t15-/m1/s1. The van der Waals surface area contributed by atoms with Crippen molar-refractivity contribution in [2.45, 2.75) is 19.5 Å². The highest BCUT2D eigenvalue weighted by Crippen LogP contribution is 2.38. The van der Waals surface area contributed by atoms with Gasteiger partial charge in [0.2, 0.25) is 5.91 Å². The first-order valence-electron chi connectivity index (χ1n) is 9.59. The molecule has 0 saturated carbocycles. The molecule has 154 valence electrons. The lowest BCUT2D eigenvalue weighted by Crippen LogP contribution is -2.54. The van der Waals surface area contributed by atoms with Crippen LogP contribution in [0.5, 0.6) is 0 Å². The Morgan fingerprint density at radius 1 is 1.00 bits per heavy atom. The monoisotopic (exact) mass is 417 g/mol. The van der Waals surface area contributed by atoms with Crippen LogP contribution >= 0.6 is 0 Å². The number of carbonyl (C=O) groups is 2. The number of carbonyl (C=O) groups excluding carboxylic acids is 2. The van der Waals surface area contributed by atoms with E-state index in [-0.39, 0.29) is 6.54 Å². The summed E-state index contributed by atoms with van der Waals surface area (Å²) in [6.45, 7) is 1.71. The van der Waals surface area contributed by atoms with E-state index >= 15 is 0 Å². The number of anilines is 2. The Hall–Kier alpha value is -4.05. The Bertz CT molecular complexity index is 1220. The number of hydrogen-bond donors (Lipinski definition) is 0. The van der Waals surface area contributed by atoms with Gasteiger partial charge in [-0.25, -0.2) is 8.78 Å². The van der Waals surface area contributed by atoms with E-state index in [1.807, 2.05) is 0 Å². The van der Waals surface area contributed by atoms with Gasteiger partial charge >= 0.3 is 0 Å². The Kier molecular flexibility index (Phi) is 5.22. The maximum atomic E-state index is 14.3. The largest absolute Gasteiger partial charge is 0.304 e. The molecule has 7 heteroatoms. The van der Waals surface area contributed by atoms with Gasteiger partial charge in [-0.1, -0.05) is 30.3 Å². The van der Waals surface area contributed by atoms with Gasteiger partial charge in [-0.3, -0.25) is 14.5 Å². The molecule has 0 bridgehead atoms. The Balaban J connectivity index is 1.78. The minimum Gasteiger partial charge on any atom is -0.304 e. The Morgan fingerprint density at radius 2 is 1.65 bits per heavy atom. The normalized spacial score (nSPS) is 15.4. The van der Waals surface area contributed by atoms with Gasteiger partial charge in [-0.2, -0.15) is 5.26 Å². The first kappa shape index (κ1) is 20.2. The van der Waals surface area contributed by atoms with Crippen molar-refractivity contribution in [3.63, 3.8) is 0 Å². The summed E-state index contributed by atoms with van der Waals surface area (Å²) in [6.07, 6.45) is 0. The topological polar surface area (TPSA) is 64.4 Å². The molecule has 0 saturated heterocycles. The molecule has 1 aliphatic rings. The summed E-state index contributed by atoms with van der Waals surface area (Å²) < 4.78 is 28.6. The quantitative estimate of drug-likeness (QED) is 0.634. The van der Waals surface area contributed by atoms with Crippen LogP contribution in [0.1, 0.15) is 28.4 Å². The zero-order valence-corrected chi connectivity index (χ0v) is 16.5. The summed E-state index contributed by atoms with van der Waals surface area (Å²) in [6, 6.07) is 17.9. The lowest BCUT2D eigenvalue weighted by Gasteiger charge is -2.40. The molecule has 0 radical (unpaired) electrons. The van der Waals surface area contributed by atoms with E-state index in [0.29, 0.717) is 16.9 Å². The lowest BCUT2D eigenvalue weighted by atomic mass is 10.0. The van der Waals surface area contributed by atoms with E-state index in [2.05, 4.69) is 6.07 Å².